The SMILES string of the molecule is COC(=O)OC[C@@H](COc1cccc(C(=O)c2cnn(-c3ccc(F)cc3)c2N)c1)OC(=O)OC. The summed E-state index contributed by atoms with van der Waals surface area (Å²) >= 11 is 0. The topological polar surface area (TPSA) is 141 Å². The highest BCUT2D eigenvalue weighted by molar-refractivity contribution is 6.11. The van der Waals surface area contributed by atoms with Gasteiger partial charge in [-0.1, -0.05) is 12.1 Å². The van der Waals surface area contributed by atoms with Gasteiger partial charge in [0.1, 0.15) is 30.6 Å². The van der Waals surface area contributed by atoms with Gasteiger partial charge in [0.2, 0.25) is 0 Å². The number of hydrogen-bond donors (Lipinski definition) is 1. The molecule has 2 N–H and O–H groups in total. The number of nitrogen functional groups attached to an aromatic ring is 1. The summed E-state index contributed by atoms with van der Waals surface area (Å²) < 4.78 is 38.7. The lowest BCUT2D eigenvalue weighted by Gasteiger charge is -2.17. The average Bonchev–Trinajstić information content (AvgIpc) is 3.26. The van der Waals surface area contributed by atoms with Gasteiger partial charge >= 0.3 is 12.3 Å². The van der Waals surface area contributed by atoms with E-state index in [1.54, 1.807) is 18.2 Å². The first-order chi connectivity index (χ1) is 16.8. The summed E-state index contributed by atoms with van der Waals surface area (Å²) in [5, 5.41) is 4.13. The van der Waals surface area contributed by atoms with Gasteiger partial charge in [-0.3, -0.25) is 4.79 Å². The number of ketones is 1. The van der Waals surface area contributed by atoms with Crippen LogP contribution < -0.4 is 10.5 Å². The number of nitrogens with zero attached hydrogens (tertiary/aromatic N) is 2. The zero-order chi connectivity index (χ0) is 25.4. The van der Waals surface area contributed by atoms with Crippen LogP contribution in [-0.4, -0.2) is 61.4 Å². The number of carbonyl (C=O) groups is 3. The Kier molecular flexibility index (Phi) is 8.22. The molecule has 0 spiro atoms. The molecule has 11 nitrogen and oxygen atoms in total. The van der Waals surface area contributed by atoms with Crippen LogP contribution in [0.3, 0.4) is 0 Å². The Bertz CT molecular complexity index is 1200. The molecule has 0 aliphatic heterocycles. The average molecular weight is 487 g/mol. The van der Waals surface area contributed by atoms with E-state index >= 15 is 0 Å². The maximum absolute atomic E-state index is 13.2. The van der Waals surface area contributed by atoms with Crippen molar-refractivity contribution in [2.24, 2.45) is 0 Å². The fourth-order valence-electron chi connectivity index (χ4n) is 2.91. The Labute approximate surface area is 199 Å². The third-order valence-corrected chi connectivity index (χ3v) is 4.64. The summed E-state index contributed by atoms with van der Waals surface area (Å²) in [6.45, 7) is -0.562. The highest BCUT2D eigenvalue weighted by Gasteiger charge is 2.21. The molecule has 0 aliphatic rings. The minimum absolute atomic E-state index is 0.0828. The van der Waals surface area contributed by atoms with Crippen molar-refractivity contribution in [1.82, 2.24) is 9.78 Å². The minimum Gasteiger partial charge on any atom is -0.490 e. The predicted octanol–water partition coefficient (Wildman–Crippen LogP) is 3.14. The number of anilines is 1. The summed E-state index contributed by atoms with van der Waals surface area (Å²) in [5.74, 6) is -0.474. The van der Waals surface area contributed by atoms with Crippen molar-refractivity contribution in [2.45, 2.75) is 6.10 Å². The van der Waals surface area contributed by atoms with E-state index in [1.807, 2.05) is 0 Å². The van der Waals surface area contributed by atoms with Crippen molar-refractivity contribution in [3.05, 3.63) is 71.7 Å². The van der Waals surface area contributed by atoms with Gasteiger partial charge in [-0.25, -0.2) is 18.7 Å². The zero-order valence-electron chi connectivity index (χ0n) is 18.8. The summed E-state index contributed by atoms with van der Waals surface area (Å²) in [5.41, 5.74) is 7.01. The maximum atomic E-state index is 13.2. The second kappa shape index (κ2) is 11.5. The van der Waals surface area contributed by atoms with E-state index in [2.05, 4.69) is 14.6 Å². The Morgan fingerprint density at radius 3 is 2.43 bits per heavy atom. The summed E-state index contributed by atoms with van der Waals surface area (Å²) in [4.78, 5) is 35.7. The molecule has 1 heterocycles. The first kappa shape index (κ1) is 25.0. The van der Waals surface area contributed by atoms with Gasteiger partial charge in [-0.2, -0.15) is 5.10 Å². The van der Waals surface area contributed by atoms with Crippen molar-refractivity contribution < 1.29 is 42.5 Å². The van der Waals surface area contributed by atoms with Crippen LogP contribution in [0.5, 0.6) is 5.75 Å². The van der Waals surface area contributed by atoms with E-state index in [4.69, 9.17) is 19.9 Å². The molecule has 0 amide bonds. The van der Waals surface area contributed by atoms with Crippen LogP contribution in [0.15, 0.2) is 54.7 Å². The lowest BCUT2D eigenvalue weighted by Crippen LogP contribution is -2.31. The van der Waals surface area contributed by atoms with E-state index in [1.165, 1.54) is 41.2 Å². The van der Waals surface area contributed by atoms with Crippen LogP contribution >= 0.6 is 0 Å². The Balaban J connectivity index is 1.72. The van der Waals surface area contributed by atoms with E-state index in [-0.39, 0.29) is 35.9 Å². The van der Waals surface area contributed by atoms with Gasteiger partial charge in [0.25, 0.3) is 0 Å². The number of carbonyl (C=O) groups excluding carboxylic acids is 3. The minimum atomic E-state index is -1.01. The third-order valence-electron chi connectivity index (χ3n) is 4.64. The number of ether oxygens (including phenoxy) is 5. The van der Waals surface area contributed by atoms with Gasteiger partial charge in [-0.15, -0.1) is 0 Å². The maximum Gasteiger partial charge on any atom is 0.508 e. The molecule has 3 aromatic rings. The number of halogens is 1. The Morgan fingerprint density at radius 1 is 1.03 bits per heavy atom. The molecule has 0 aliphatic carbocycles. The number of nitrogens with two attached hydrogens (primary N) is 1. The molecule has 0 bridgehead atoms. The molecule has 0 unspecified atom stereocenters. The van der Waals surface area contributed by atoms with Crippen molar-refractivity contribution >= 4 is 23.9 Å². The zero-order valence-corrected chi connectivity index (χ0v) is 18.8. The van der Waals surface area contributed by atoms with Gasteiger partial charge in [0, 0.05) is 5.56 Å². The quantitative estimate of drug-likeness (QED) is 0.353. The molecular weight excluding hydrogens is 465 g/mol. The normalized spacial score (nSPS) is 11.3. The first-order valence-corrected chi connectivity index (χ1v) is 10.1. The number of benzene rings is 2. The van der Waals surface area contributed by atoms with Gasteiger partial charge in [0.05, 0.1) is 31.7 Å². The fourth-order valence-corrected chi connectivity index (χ4v) is 2.91. The van der Waals surface area contributed by atoms with Crippen LogP contribution in [0, 0.1) is 5.82 Å². The number of rotatable bonds is 9. The van der Waals surface area contributed by atoms with Crippen molar-refractivity contribution in [3.8, 4) is 11.4 Å². The van der Waals surface area contributed by atoms with E-state index in [0.717, 1.165) is 14.2 Å². The molecule has 2 aromatic carbocycles. The molecule has 35 heavy (non-hydrogen) atoms. The van der Waals surface area contributed by atoms with E-state index < -0.39 is 30.0 Å². The molecule has 184 valence electrons. The fraction of sp³-hybridized carbons (Fsp3) is 0.217. The molecule has 0 saturated heterocycles. The summed E-state index contributed by atoms with van der Waals surface area (Å²) in [7, 11) is 2.26. The second-order valence-electron chi connectivity index (χ2n) is 6.96. The van der Waals surface area contributed by atoms with Crippen molar-refractivity contribution in [2.75, 3.05) is 33.2 Å². The Morgan fingerprint density at radius 2 is 1.74 bits per heavy atom. The molecule has 0 saturated carbocycles. The summed E-state index contributed by atoms with van der Waals surface area (Å²) in [6.07, 6.45) is -1.65. The molecule has 1 atom stereocenters. The molecular formula is C23H22FN3O8. The molecule has 0 radical (unpaired) electrons. The van der Waals surface area contributed by atoms with Crippen LogP contribution in [0.4, 0.5) is 19.8 Å². The number of hydrogen-bond acceptors (Lipinski definition) is 10. The van der Waals surface area contributed by atoms with Gasteiger partial charge in [0.15, 0.2) is 11.9 Å². The van der Waals surface area contributed by atoms with Crippen LogP contribution in [0.25, 0.3) is 5.69 Å². The summed E-state index contributed by atoms with van der Waals surface area (Å²) in [6, 6.07) is 11.7. The van der Waals surface area contributed by atoms with Crippen LogP contribution in [0.2, 0.25) is 0 Å². The standard InChI is InChI=1S/C23H22FN3O8/c1-31-22(29)34-13-18(35-23(30)32-2)12-33-17-5-3-4-14(10-17)20(28)19-11-26-27(21(19)25)16-8-6-15(24)7-9-16/h3-11,18H,12-13,25H2,1-2H3/t18-/m1/s1. The molecule has 1 aromatic heterocycles. The van der Waals surface area contributed by atoms with Gasteiger partial charge < -0.3 is 29.4 Å². The lowest BCUT2D eigenvalue weighted by molar-refractivity contribution is -0.0218. The lowest BCUT2D eigenvalue weighted by atomic mass is 10.1. The number of methoxy groups -OCH3 is 2. The van der Waals surface area contributed by atoms with E-state index in [0.29, 0.717) is 5.69 Å². The second-order valence-corrected chi connectivity index (χ2v) is 6.96. The largest absolute Gasteiger partial charge is 0.508 e. The monoisotopic (exact) mass is 487 g/mol. The third kappa shape index (κ3) is 6.47. The van der Waals surface area contributed by atoms with Crippen molar-refractivity contribution in [3.63, 3.8) is 0 Å². The molecule has 3 rings (SSSR count). The van der Waals surface area contributed by atoms with Crippen LogP contribution in [0.1, 0.15) is 15.9 Å². The molecule has 12 heteroatoms. The smallest absolute Gasteiger partial charge is 0.490 e. The predicted molar refractivity (Wildman–Crippen MR) is 119 cm³/mol. The van der Waals surface area contributed by atoms with Crippen LogP contribution in [-0.2, 0) is 18.9 Å². The Hall–Kier alpha value is -4.61. The highest BCUT2D eigenvalue weighted by Crippen LogP contribution is 2.23. The first-order valence-electron chi connectivity index (χ1n) is 10.1. The highest BCUT2D eigenvalue weighted by atomic mass is 19.1. The van der Waals surface area contributed by atoms with E-state index in [9.17, 15) is 18.8 Å². The van der Waals surface area contributed by atoms with Crippen molar-refractivity contribution in [1.29, 1.82) is 0 Å². The van der Waals surface area contributed by atoms with Gasteiger partial charge in [-0.05, 0) is 36.4 Å². The number of aromatic nitrogens is 2. The molecule has 0 fully saturated rings.